The Kier molecular flexibility index (Phi) is 1.10. The average Bonchev–Trinajstić information content (AvgIpc) is 2.35. The topological polar surface area (TPSA) is 26.0 Å². The van der Waals surface area contributed by atoms with E-state index >= 15 is 0 Å². The summed E-state index contributed by atoms with van der Waals surface area (Å²) in [6, 6.07) is 2.49. The minimum Gasteiger partial charge on any atom is -0.324 e. The van der Waals surface area contributed by atoms with E-state index in [1.807, 2.05) is 11.3 Å². The third-order valence-corrected chi connectivity index (χ3v) is 2.86. The molecule has 0 radical (unpaired) electrons. The molecule has 1 aromatic heterocycles. The first kappa shape index (κ1) is 5.45. The highest BCUT2D eigenvalue weighted by atomic mass is 32.1. The van der Waals surface area contributed by atoms with Crippen molar-refractivity contribution in [2.24, 2.45) is 5.73 Å². The van der Waals surface area contributed by atoms with Crippen LogP contribution in [0.4, 0.5) is 0 Å². The van der Waals surface area contributed by atoms with Crippen molar-refractivity contribution in [3.8, 4) is 0 Å². The van der Waals surface area contributed by atoms with Gasteiger partial charge in [0.25, 0.3) is 0 Å². The molecule has 1 unspecified atom stereocenters. The molecule has 1 aromatic rings. The quantitative estimate of drug-likeness (QED) is 0.581. The molecule has 1 aliphatic carbocycles. The zero-order chi connectivity index (χ0) is 6.27. The van der Waals surface area contributed by atoms with E-state index in [2.05, 4.69) is 11.4 Å². The summed E-state index contributed by atoms with van der Waals surface area (Å²) in [4.78, 5) is 1.50. The summed E-state index contributed by atoms with van der Waals surface area (Å²) in [6.45, 7) is 0. The summed E-state index contributed by atoms with van der Waals surface area (Å²) in [5.41, 5.74) is 7.19. The zero-order valence-electron chi connectivity index (χ0n) is 5.13. The van der Waals surface area contributed by atoms with Crippen molar-refractivity contribution in [3.05, 3.63) is 21.9 Å². The molecule has 1 nitrogen and oxygen atoms in total. The zero-order valence-corrected chi connectivity index (χ0v) is 5.95. The van der Waals surface area contributed by atoms with E-state index in [-0.39, 0.29) is 0 Å². The van der Waals surface area contributed by atoms with Crippen LogP contribution in [0.1, 0.15) is 22.9 Å². The van der Waals surface area contributed by atoms with Gasteiger partial charge in [-0.2, -0.15) is 0 Å². The van der Waals surface area contributed by atoms with Gasteiger partial charge in [0.15, 0.2) is 0 Å². The largest absolute Gasteiger partial charge is 0.324 e. The van der Waals surface area contributed by atoms with E-state index in [4.69, 9.17) is 5.73 Å². The third kappa shape index (κ3) is 0.705. The van der Waals surface area contributed by atoms with E-state index in [0.717, 1.165) is 6.42 Å². The molecule has 2 heteroatoms. The van der Waals surface area contributed by atoms with E-state index in [9.17, 15) is 0 Å². The second kappa shape index (κ2) is 1.82. The Bertz CT molecular complexity index is 216. The first-order valence-electron chi connectivity index (χ1n) is 3.20. The number of nitrogens with two attached hydrogens (primary N) is 1. The van der Waals surface area contributed by atoms with Crippen molar-refractivity contribution >= 4 is 11.3 Å². The Labute approximate surface area is 58.5 Å². The fourth-order valence-corrected chi connectivity index (χ4v) is 2.30. The number of hydrogen-bond donors (Lipinski definition) is 1. The third-order valence-electron chi connectivity index (χ3n) is 1.86. The Morgan fingerprint density at radius 3 is 3.33 bits per heavy atom. The number of fused-ring (bicyclic) bond motifs is 1. The highest BCUT2D eigenvalue weighted by molar-refractivity contribution is 7.10. The maximum atomic E-state index is 5.80. The summed E-state index contributed by atoms with van der Waals surface area (Å²) in [5.74, 6) is 0. The molecule has 0 bridgehead atoms. The molecule has 1 aliphatic rings. The van der Waals surface area contributed by atoms with Crippen LogP contribution in [0, 0.1) is 0 Å². The Hall–Kier alpha value is -0.340. The Morgan fingerprint density at radius 2 is 2.56 bits per heavy atom. The fourth-order valence-electron chi connectivity index (χ4n) is 1.33. The number of hydrogen-bond acceptors (Lipinski definition) is 2. The van der Waals surface area contributed by atoms with Gasteiger partial charge in [0.2, 0.25) is 0 Å². The number of rotatable bonds is 0. The van der Waals surface area contributed by atoms with Crippen LogP contribution in [0.2, 0.25) is 0 Å². The van der Waals surface area contributed by atoms with Crippen molar-refractivity contribution in [1.29, 1.82) is 0 Å². The molecule has 1 heterocycles. The van der Waals surface area contributed by atoms with Gasteiger partial charge in [-0.15, -0.1) is 11.3 Å². The van der Waals surface area contributed by atoms with Gasteiger partial charge in [0.05, 0.1) is 0 Å². The van der Waals surface area contributed by atoms with E-state index in [0.29, 0.717) is 6.04 Å². The van der Waals surface area contributed by atoms with Crippen molar-refractivity contribution in [2.75, 3.05) is 0 Å². The van der Waals surface area contributed by atoms with Crippen molar-refractivity contribution in [3.63, 3.8) is 0 Å². The average molecular weight is 139 g/mol. The number of thiophene rings is 1. The molecule has 2 rings (SSSR count). The van der Waals surface area contributed by atoms with Gasteiger partial charge < -0.3 is 5.73 Å². The molecular formula is C7H9NS. The molecule has 48 valence electrons. The lowest BCUT2D eigenvalue weighted by Crippen LogP contribution is -2.03. The van der Waals surface area contributed by atoms with Gasteiger partial charge in [-0.05, 0) is 29.9 Å². The highest BCUT2D eigenvalue weighted by Gasteiger charge is 2.18. The lowest BCUT2D eigenvalue weighted by molar-refractivity contribution is 0.713. The van der Waals surface area contributed by atoms with Crippen LogP contribution >= 0.6 is 11.3 Å². The van der Waals surface area contributed by atoms with Crippen LogP contribution in [0.5, 0.6) is 0 Å². The minimum absolute atomic E-state index is 0.339. The summed E-state index contributed by atoms with van der Waals surface area (Å²) in [7, 11) is 0. The maximum Gasteiger partial charge on any atom is 0.0309 e. The lowest BCUT2D eigenvalue weighted by atomic mass is 10.2. The van der Waals surface area contributed by atoms with Gasteiger partial charge >= 0.3 is 0 Å². The maximum absolute atomic E-state index is 5.80. The van der Waals surface area contributed by atoms with E-state index < -0.39 is 0 Å². The predicted octanol–water partition coefficient (Wildman–Crippen LogP) is 1.69. The monoisotopic (exact) mass is 139 g/mol. The molecule has 0 spiro atoms. The van der Waals surface area contributed by atoms with Gasteiger partial charge in [-0.25, -0.2) is 0 Å². The summed E-state index contributed by atoms with van der Waals surface area (Å²) < 4.78 is 0. The summed E-state index contributed by atoms with van der Waals surface area (Å²) >= 11 is 1.84. The van der Waals surface area contributed by atoms with Crippen LogP contribution in [0.3, 0.4) is 0 Å². The molecule has 0 aliphatic heterocycles. The molecule has 2 N–H and O–H groups in total. The van der Waals surface area contributed by atoms with Crippen molar-refractivity contribution in [2.45, 2.75) is 18.9 Å². The SMILES string of the molecule is NC1CCc2sccc21. The summed E-state index contributed by atoms with van der Waals surface area (Å²) in [6.07, 6.45) is 2.36. The van der Waals surface area contributed by atoms with Gasteiger partial charge in [0.1, 0.15) is 0 Å². The first-order chi connectivity index (χ1) is 4.38. The highest BCUT2D eigenvalue weighted by Crippen LogP contribution is 2.32. The second-order valence-corrected chi connectivity index (χ2v) is 3.44. The van der Waals surface area contributed by atoms with Crippen molar-refractivity contribution < 1.29 is 0 Å². The second-order valence-electron chi connectivity index (χ2n) is 2.44. The minimum atomic E-state index is 0.339. The Morgan fingerprint density at radius 1 is 1.67 bits per heavy atom. The lowest BCUT2D eigenvalue weighted by Gasteiger charge is -1.97. The molecule has 9 heavy (non-hydrogen) atoms. The van der Waals surface area contributed by atoms with Gasteiger partial charge in [0, 0.05) is 10.9 Å². The standard InChI is InChI=1S/C7H9NS/c8-6-1-2-7-5(6)3-4-9-7/h3-4,6H,1-2,8H2. The fraction of sp³-hybridized carbons (Fsp3) is 0.429. The molecule has 0 saturated heterocycles. The molecule has 0 aromatic carbocycles. The van der Waals surface area contributed by atoms with Crippen LogP contribution in [0.15, 0.2) is 11.4 Å². The Balaban J connectivity index is 2.49. The molecule has 0 saturated carbocycles. The normalized spacial score (nSPS) is 24.3. The number of aryl methyl sites for hydroxylation is 1. The first-order valence-corrected chi connectivity index (χ1v) is 4.08. The van der Waals surface area contributed by atoms with Crippen LogP contribution < -0.4 is 5.73 Å². The summed E-state index contributed by atoms with van der Waals surface area (Å²) in [5, 5.41) is 2.13. The van der Waals surface area contributed by atoms with Gasteiger partial charge in [-0.3, -0.25) is 0 Å². The van der Waals surface area contributed by atoms with Crippen LogP contribution in [-0.2, 0) is 6.42 Å². The van der Waals surface area contributed by atoms with Crippen molar-refractivity contribution in [1.82, 2.24) is 0 Å². The molecule has 1 atom stereocenters. The van der Waals surface area contributed by atoms with E-state index in [1.165, 1.54) is 16.9 Å². The van der Waals surface area contributed by atoms with E-state index in [1.54, 1.807) is 0 Å². The molecular weight excluding hydrogens is 130 g/mol. The molecule has 0 amide bonds. The predicted molar refractivity (Wildman–Crippen MR) is 39.6 cm³/mol. The van der Waals surface area contributed by atoms with Gasteiger partial charge in [-0.1, -0.05) is 0 Å². The smallest absolute Gasteiger partial charge is 0.0309 e. The van der Waals surface area contributed by atoms with Crippen LogP contribution in [0.25, 0.3) is 0 Å². The molecule has 0 fully saturated rings. The van der Waals surface area contributed by atoms with Crippen LogP contribution in [-0.4, -0.2) is 0 Å².